The Hall–Kier alpha value is -0.680. The summed E-state index contributed by atoms with van der Waals surface area (Å²) in [7, 11) is 0. The molecule has 2 nitrogen and oxygen atoms in total. The van der Waals surface area contributed by atoms with Crippen LogP contribution in [0.4, 0.5) is 8.78 Å². The fourth-order valence-corrected chi connectivity index (χ4v) is 2.39. The molecular formula is C12H14BrF2NO. The van der Waals surface area contributed by atoms with Gasteiger partial charge in [0.05, 0.1) is 0 Å². The van der Waals surface area contributed by atoms with Crippen molar-refractivity contribution in [2.45, 2.75) is 26.0 Å². The van der Waals surface area contributed by atoms with Crippen molar-refractivity contribution in [3.05, 3.63) is 28.2 Å². The Morgan fingerprint density at radius 1 is 1.29 bits per heavy atom. The second-order valence-electron chi connectivity index (χ2n) is 4.11. The Labute approximate surface area is 108 Å². The molecule has 2 rings (SSSR count). The predicted octanol–water partition coefficient (Wildman–Crippen LogP) is 3.65. The van der Waals surface area contributed by atoms with Crippen LogP contribution in [0.25, 0.3) is 0 Å². The summed E-state index contributed by atoms with van der Waals surface area (Å²) in [6.07, 6.45) is 2.36. The van der Waals surface area contributed by atoms with E-state index in [-0.39, 0.29) is 5.75 Å². The quantitative estimate of drug-likeness (QED) is 0.842. The first-order valence-corrected chi connectivity index (χ1v) is 6.40. The zero-order valence-electron chi connectivity index (χ0n) is 9.33. The highest BCUT2D eigenvalue weighted by molar-refractivity contribution is 9.10. The van der Waals surface area contributed by atoms with Crippen LogP contribution in [0.1, 0.15) is 18.4 Å². The van der Waals surface area contributed by atoms with Crippen LogP contribution >= 0.6 is 15.9 Å². The van der Waals surface area contributed by atoms with E-state index < -0.39 is 6.61 Å². The molecule has 0 unspecified atom stereocenters. The van der Waals surface area contributed by atoms with Gasteiger partial charge in [-0.2, -0.15) is 8.78 Å². The van der Waals surface area contributed by atoms with Crippen LogP contribution in [0.15, 0.2) is 22.7 Å². The smallest absolute Gasteiger partial charge is 0.387 e. The molecule has 0 amide bonds. The minimum Gasteiger partial charge on any atom is -0.434 e. The summed E-state index contributed by atoms with van der Waals surface area (Å²) in [5.74, 6) is 0.265. The lowest BCUT2D eigenvalue weighted by Gasteiger charge is -2.17. The molecule has 0 saturated carbocycles. The van der Waals surface area contributed by atoms with Gasteiger partial charge in [0.1, 0.15) is 5.75 Å². The molecule has 1 aromatic carbocycles. The summed E-state index contributed by atoms with van der Waals surface area (Å²) < 4.78 is 29.9. The normalized spacial score (nSPS) is 16.7. The van der Waals surface area contributed by atoms with Crippen molar-refractivity contribution in [2.75, 3.05) is 13.1 Å². The Morgan fingerprint density at radius 2 is 2.00 bits per heavy atom. The molecule has 0 radical (unpaired) electrons. The number of halogens is 3. The molecule has 1 aliphatic rings. The van der Waals surface area contributed by atoms with Gasteiger partial charge in [0, 0.05) is 16.6 Å². The van der Waals surface area contributed by atoms with Gasteiger partial charge in [0.15, 0.2) is 0 Å². The van der Waals surface area contributed by atoms with Crippen molar-refractivity contribution in [3.8, 4) is 5.75 Å². The van der Waals surface area contributed by atoms with Crippen LogP contribution in [0.2, 0.25) is 0 Å². The van der Waals surface area contributed by atoms with Crippen LogP contribution in [-0.2, 0) is 6.54 Å². The Morgan fingerprint density at radius 3 is 2.65 bits per heavy atom. The van der Waals surface area contributed by atoms with Crippen molar-refractivity contribution in [1.82, 2.24) is 4.90 Å². The highest BCUT2D eigenvalue weighted by Crippen LogP contribution is 2.27. The molecular weight excluding hydrogens is 292 g/mol. The van der Waals surface area contributed by atoms with Crippen LogP contribution in [0, 0.1) is 0 Å². The highest BCUT2D eigenvalue weighted by atomic mass is 79.9. The van der Waals surface area contributed by atoms with Gasteiger partial charge < -0.3 is 4.74 Å². The van der Waals surface area contributed by atoms with Crippen LogP contribution in [-0.4, -0.2) is 24.6 Å². The fourth-order valence-electron chi connectivity index (χ4n) is 2.05. The van der Waals surface area contributed by atoms with Crippen molar-refractivity contribution in [1.29, 1.82) is 0 Å². The highest BCUT2D eigenvalue weighted by Gasteiger charge is 2.16. The van der Waals surface area contributed by atoms with E-state index >= 15 is 0 Å². The molecule has 0 atom stereocenters. The third-order valence-corrected chi connectivity index (χ3v) is 3.33. The van der Waals surface area contributed by atoms with Crippen molar-refractivity contribution < 1.29 is 13.5 Å². The number of nitrogens with zero attached hydrogens (tertiary/aromatic N) is 1. The number of hydrogen-bond donors (Lipinski definition) is 0. The number of alkyl halides is 2. The third kappa shape index (κ3) is 3.64. The van der Waals surface area contributed by atoms with E-state index in [1.54, 1.807) is 6.07 Å². The van der Waals surface area contributed by atoms with Gasteiger partial charge in [0.2, 0.25) is 0 Å². The summed E-state index contributed by atoms with van der Waals surface area (Å²) in [5.41, 5.74) is 0.815. The zero-order valence-corrected chi connectivity index (χ0v) is 10.9. The topological polar surface area (TPSA) is 12.5 Å². The minimum atomic E-state index is -2.78. The molecule has 94 valence electrons. The number of likely N-dealkylation sites (tertiary alicyclic amines) is 1. The minimum absolute atomic E-state index is 0.265. The average molecular weight is 306 g/mol. The van der Waals surface area contributed by atoms with Crippen molar-refractivity contribution >= 4 is 15.9 Å². The molecule has 0 bridgehead atoms. The zero-order chi connectivity index (χ0) is 12.3. The van der Waals surface area contributed by atoms with Gasteiger partial charge in [-0.05, 0) is 38.1 Å². The number of hydrogen-bond acceptors (Lipinski definition) is 2. The monoisotopic (exact) mass is 305 g/mol. The summed E-state index contributed by atoms with van der Waals surface area (Å²) in [4.78, 5) is 2.25. The molecule has 1 fully saturated rings. The number of rotatable bonds is 4. The third-order valence-electron chi connectivity index (χ3n) is 2.84. The molecule has 0 N–H and O–H groups in total. The van der Waals surface area contributed by atoms with E-state index in [1.165, 1.54) is 12.8 Å². The first-order valence-electron chi connectivity index (χ1n) is 5.61. The van der Waals surface area contributed by atoms with E-state index in [4.69, 9.17) is 0 Å². The summed E-state index contributed by atoms with van der Waals surface area (Å²) in [6.45, 7) is -0.0365. The molecule has 1 aromatic rings. The number of ether oxygens (including phenoxy) is 1. The first-order chi connectivity index (χ1) is 8.15. The SMILES string of the molecule is FC(F)Oc1cc(Br)ccc1CN1CCCC1. The standard InChI is InChI=1S/C12H14BrF2NO/c13-10-4-3-9(8-16-5-1-2-6-16)11(7-10)17-12(14)15/h3-4,7,12H,1-2,5-6,8H2. The van der Waals surface area contributed by atoms with E-state index in [2.05, 4.69) is 25.6 Å². The lowest BCUT2D eigenvalue weighted by atomic mass is 10.2. The first kappa shape index (κ1) is 12.8. The summed E-state index contributed by atoms with van der Waals surface area (Å²) in [6, 6.07) is 5.28. The molecule has 0 aromatic heterocycles. The molecule has 17 heavy (non-hydrogen) atoms. The van der Waals surface area contributed by atoms with Gasteiger partial charge in [0.25, 0.3) is 0 Å². The summed E-state index contributed by atoms with van der Waals surface area (Å²) in [5, 5.41) is 0. The molecule has 1 aliphatic heterocycles. The van der Waals surface area contributed by atoms with Crippen LogP contribution in [0.5, 0.6) is 5.75 Å². The Bertz CT molecular complexity index is 381. The maximum absolute atomic E-state index is 12.3. The van der Waals surface area contributed by atoms with E-state index in [9.17, 15) is 8.78 Å². The van der Waals surface area contributed by atoms with E-state index in [1.807, 2.05) is 12.1 Å². The van der Waals surface area contributed by atoms with Crippen molar-refractivity contribution in [3.63, 3.8) is 0 Å². The maximum atomic E-state index is 12.3. The van der Waals surface area contributed by atoms with E-state index in [0.29, 0.717) is 6.54 Å². The van der Waals surface area contributed by atoms with Crippen molar-refractivity contribution in [2.24, 2.45) is 0 Å². The van der Waals surface area contributed by atoms with Crippen LogP contribution in [0.3, 0.4) is 0 Å². The molecule has 0 aliphatic carbocycles. The van der Waals surface area contributed by atoms with Crippen LogP contribution < -0.4 is 4.74 Å². The Kier molecular flexibility index (Phi) is 4.34. The average Bonchev–Trinajstić information content (AvgIpc) is 2.74. The lowest BCUT2D eigenvalue weighted by Crippen LogP contribution is -2.19. The fraction of sp³-hybridized carbons (Fsp3) is 0.500. The van der Waals surface area contributed by atoms with Gasteiger partial charge in [-0.3, -0.25) is 4.90 Å². The van der Waals surface area contributed by atoms with Gasteiger partial charge in [-0.15, -0.1) is 0 Å². The molecule has 0 spiro atoms. The molecule has 1 saturated heterocycles. The summed E-state index contributed by atoms with van der Waals surface area (Å²) >= 11 is 3.26. The second-order valence-corrected chi connectivity index (χ2v) is 5.03. The molecule has 1 heterocycles. The number of benzene rings is 1. The van der Waals surface area contributed by atoms with Gasteiger partial charge in [-0.1, -0.05) is 22.0 Å². The Balaban J connectivity index is 2.13. The van der Waals surface area contributed by atoms with Gasteiger partial charge >= 0.3 is 6.61 Å². The lowest BCUT2D eigenvalue weighted by molar-refractivity contribution is -0.0507. The molecule has 5 heteroatoms. The van der Waals surface area contributed by atoms with E-state index in [0.717, 1.165) is 23.1 Å². The second kappa shape index (κ2) is 5.78. The predicted molar refractivity (Wildman–Crippen MR) is 65.3 cm³/mol. The van der Waals surface area contributed by atoms with Gasteiger partial charge in [-0.25, -0.2) is 0 Å². The maximum Gasteiger partial charge on any atom is 0.387 e. The largest absolute Gasteiger partial charge is 0.434 e.